The summed E-state index contributed by atoms with van der Waals surface area (Å²) in [4.78, 5) is 29.0. The summed E-state index contributed by atoms with van der Waals surface area (Å²) >= 11 is 24.7. The summed E-state index contributed by atoms with van der Waals surface area (Å²) in [6.45, 7) is 0.0205. The Morgan fingerprint density at radius 1 is 0.750 bits per heavy atom. The van der Waals surface area contributed by atoms with Crippen molar-refractivity contribution in [2.75, 3.05) is 6.61 Å². The van der Waals surface area contributed by atoms with Crippen molar-refractivity contribution in [2.24, 2.45) is 0 Å². The lowest BCUT2D eigenvalue weighted by Crippen LogP contribution is -2.51. The molecule has 5 nitrogen and oxygen atoms in total. The van der Waals surface area contributed by atoms with Gasteiger partial charge in [0, 0.05) is 34.6 Å². The molecule has 0 unspecified atom stereocenters. The molecular weight excluding hydrogens is 590 g/mol. The summed E-state index contributed by atoms with van der Waals surface area (Å²) in [5.74, 6) is -0.337. The summed E-state index contributed by atoms with van der Waals surface area (Å²) in [6, 6.07) is 27.8. The summed E-state index contributed by atoms with van der Waals surface area (Å²) in [7, 11) is 0. The van der Waals surface area contributed by atoms with Gasteiger partial charge in [-0.1, -0.05) is 107 Å². The van der Waals surface area contributed by atoms with Gasteiger partial charge in [0.05, 0.1) is 5.02 Å². The van der Waals surface area contributed by atoms with Gasteiger partial charge in [-0.2, -0.15) is 0 Å². The predicted molar refractivity (Wildman–Crippen MR) is 161 cm³/mol. The average Bonchev–Trinajstić information content (AvgIpc) is 2.95. The molecule has 0 aliphatic carbocycles. The van der Waals surface area contributed by atoms with E-state index in [2.05, 4.69) is 5.32 Å². The summed E-state index contributed by atoms with van der Waals surface area (Å²) in [5.41, 5.74) is 2.41. The van der Waals surface area contributed by atoms with Gasteiger partial charge in [-0.25, -0.2) is 0 Å². The van der Waals surface area contributed by atoms with Crippen molar-refractivity contribution in [3.8, 4) is 5.75 Å². The second-order valence-corrected chi connectivity index (χ2v) is 10.7. The Balaban J connectivity index is 1.62. The van der Waals surface area contributed by atoms with Crippen molar-refractivity contribution < 1.29 is 14.3 Å². The van der Waals surface area contributed by atoms with Crippen molar-refractivity contribution in [1.82, 2.24) is 10.2 Å². The zero-order valence-corrected chi connectivity index (χ0v) is 24.4. The van der Waals surface area contributed by atoms with Crippen LogP contribution in [0.2, 0.25) is 20.1 Å². The van der Waals surface area contributed by atoms with Gasteiger partial charge in [-0.15, -0.1) is 0 Å². The van der Waals surface area contributed by atoms with Gasteiger partial charge >= 0.3 is 0 Å². The number of hydrogen-bond acceptors (Lipinski definition) is 3. The zero-order chi connectivity index (χ0) is 28.5. The van der Waals surface area contributed by atoms with Crippen LogP contribution < -0.4 is 10.1 Å². The number of nitrogens with zero attached hydrogens (tertiary/aromatic N) is 1. The van der Waals surface area contributed by atoms with Crippen LogP contribution in [0.25, 0.3) is 0 Å². The van der Waals surface area contributed by atoms with Crippen LogP contribution in [0.5, 0.6) is 5.75 Å². The Bertz CT molecular complexity index is 1450. The molecule has 0 aromatic heterocycles. The van der Waals surface area contributed by atoms with Gasteiger partial charge in [0.2, 0.25) is 5.91 Å². The molecule has 0 bridgehead atoms. The Morgan fingerprint density at radius 3 is 2.12 bits per heavy atom. The van der Waals surface area contributed by atoms with E-state index in [1.54, 1.807) is 54.6 Å². The molecule has 0 heterocycles. The van der Waals surface area contributed by atoms with Crippen LogP contribution in [0.4, 0.5) is 0 Å². The fourth-order valence-electron chi connectivity index (χ4n) is 4.09. The van der Waals surface area contributed by atoms with Crippen LogP contribution >= 0.6 is 46.4 Å². The molecule has 1 atom stereocenters. The summed E-state index contributed by atoms with van der Waals surface area (Å²) < 4.78 is 5.77. The minimum atomic E-state index is -0.855. The number of hydrogen-bond donors (Lipinski definition) is 1. The van der Waals surface area contributed by atoms with Gasteiger partial charge in [-0.05, 0) is 53.1 Å². The highest BCUT2D eigenvalue weighted by Gasteiger charge is 2.31. The molecule has 1 N–H and O–H groups in total. The van der Waals surface area contributed by atoms with E-state index in [1.165, 1.54) is 4.90 Å². The second kappa shape index (κ2) is 14.4. The number of ether oxygens (including phenoxy) is 1. The first-order chi connectivity index (χ1) is 19.3. The largest absolute Gasteiger partial charge is 0.482 e. The van der Waals surface area contributed by atoms with Crippen LogP contribution in [0, 0.1) is 0 Å². The molecule has 206 valence electrons. The van der Waals surface area contributed by atoms with Crippen LogP contribution in [0.1, 0.15) is 16.7 Å². The molecule has 0 radical (unpaired) electrons. The van der Waals surface area contributed by atoms with Gasteiger partial charge < -0.3 is 15.0 Å². The van der Waals surface area contributed by atoms with E-state index < -0.39 is 6.04 Å². The van der Waals surface area contributed by atoms with Crippen LogP contribution in [-0.2, 0) is 29.1 Å². The standard InChI is InChI=1S/C31H26Cl4N2O3/c32-24-13-10-22(11-14-24)19-37(30(38)20-40-29-9-5-4-8-26(29)34)28(16-21-6-2-1-3-7-21)31(39)36-18-23-12-15-25(33)17-27(23)35/h1-15,17,28H,16,18-20H2,(H,36,39)/t28-/m1/s1. The predicted octanol–water partition coefficient (Wildman–Crippen LogP) is 7.64. The number of rotatable bonds is 11. The minimum Gasteiger partial charge on any atom is -0.482 e. The number of carbonyl (C=O) groups is 2. The van der Waals surface area contributed by atoms with Crippen LogP contribution in [-0.4, -0.2) is 29.4 Å². The number of carbonyl (C=O) groups excluding carboxylic acids is 2. The lowest BCUT2D eigenvalue weighted by Gasteiger charge is -2.31. The van der Waals surface area contributed by atoms with E-state index in [1.807, 2.05) is 42.5 Å². The summed E-state index contributed by atoms with van der Waals surface area (Å²) in [5, 5.41) is 4.85. The Labute approximate surface area is 253 Å². The zero-order valence-electron chi connectivity index (χ0n) is 21.3. The van der Waals surface area contributed by atoms with E-state index >= 15 is 0 Å². The Morgan fingerprint density at radius 2 is 1.43 bits per heavy atom. The topological polar surface area (TPSA) is 58.6 Å². The van der Waals surface area contributed by atoms with E-state index in [0.29, 0.717) is 31.4 Å². The Hall–Kier alpha value is -3.22. The van der Waals surface area contributed by atoms with E-state index in [0.717, 1.165) is 11.1 Å². The first-order valence-electron chi connectivity index (χ1n) is 12.5. The van der Waals surface area contributed by atoms with E-state index in [-0.39, 0.29) is 37.9 Å². The van der Waals surface area contributed by atoms with E-state index in [9.17, 15) is 9.59 Å². The molecule has 4 rings (SSSR count). The third-order valence-corrected chi connectivity index (χ3v) is 7.34. The first kappa shape index (κ1) is 29.8. The number of halogens is 4. The normalized spacial score (nSPS) is 11.5. The monoisotopic (exact) mass is 614 g/mol. The molecule has 0 aliphatic rings. The first-order valence-corrected chi connectivity index (χ1v) is 14.0. The minimum absolute atomic E-state index is 0.161. The average molecular weight is 616 g/mol. The highest BCUT2D eigenvalue weighted by molar-refractivity contribution is 6.35. The molecule has 0 spiro atoms. The van der Waals surface area contributed by atoms with Crippen LogP contribution in [0.3, 0.4) is 0 Å². The van der Waals surface area contributed by atoms with Crippen molar-refractivity contribution in [3.63, 3.8) is 0 Å². The van der Waals surface area contributed by atoms with Crippen molar-refractivity contribution >= 4 is 58.2 Å². The molecule has 40 heavy (non-hydrogen) atoms. The lowest BCUT2D eigenvalue weighted by atomic mass is 10.0. The molecule has 9 heteroatoms. The molecule has 0 fully saturated rings. The quantitative estimate of drug-likeness (QED) is 0.189. The highest BCUT2D eigenvalue weighted by atomic mass is 35.5. The lowest BCUT2D eigenvalue weighted by molar-refractivity contribution is -0.142. The highest BCUT2D eigenvalue weighted by Crippen LogP contribution is 2.24. The maximum Gasteiger partial charge on any atom is 0.261 e. The van der Waals surface area contributed by atoms with Crippen molar-refractivity contribution in [3.05, 3.63) is 134 Å². The smallest absolute Gasteiger partial charge is 0.261 e. The molecule has 0 aliphatic heterocycles. The van der Waals surface area contributed by atoms with Crippen LogP contribution in [0.15, 0.2) is 97.1 Å². The molecule has 2 amide bonds. The number of amides is 2. The third kappa shape index (κ3) is 8.39. The number of benzene rings is 4. The van der Waals surface area contributed by atoms with Crippen molar-refractivity contribution in [2.45, 2.75) is 25.6 Å². The van der Waals surface area contributed by atoms with Gasteiger partial charge in [0.25, 0.3) is 5.91 Å². The maximum absolute atomic E-state index is 13.8. The fourth-order valence-corrected chi connectivity index (χ4v) is 4.88. The molecule has 4 aromatic rings. The van der Waals surface area contributed by atoms with Crippen molar-refractivity contribution in [1.29, 1.82) is 0 Å². The van der Waals surface area contributed by atoms with E-state index in [4.69, 9.17) is 51.1 Å². The maximum atomic E-state index is 13.8. The van der Waals surface area contributed by atoms with Gasteiger partial charge in [0.1, 0.15) is 11.8 Å². The van der Waals surface area contributed by atoms with Gasteiger partial charge in [0.15, 0.2) is 6.61 Å². The molecule has 0 saturated heterocycles. The Kier molecular flexibility index (Phi) is 10.7. The second-order valence-electron chi connectivity index (χ2n) is 9.03. The number of para-hydroxylation sites is 1. The summed E-state index contributed by atoms with van der Waals surface area (Å²) in [6.07, 6.45) is 0.284. The molecule has 4 aromatic carbocycles. The number of nitrogens with one attached hydrogen (secondary N) is 1. The van der Waals surface area contributed by atoms with Gasteiger partial charge in [-0.3, -0.25) is 9.59 Å². The fraction of sp³-hybridized carbons (Fsp3) is 0.161. The molecular formula is C31H26Cl4N2O3. The SMILES string of the molecule is O=C(NCc1ccc(Cl)cc1Cl)[C@@H](Cc1ccccc1)N(Cc1ccc(Cl)cc1)C(=O)COc1ccccc1Cl. The molecule has 0 saturated carbocycles. The third-order valence-electron chi connectivity index (χ3n) is 6.19.